The van der Waals surface area contributed by atoms with Gasteiger partial charge in [0.25, 0.3) is 0 Å². The molecule has 4 heteroatoms. The van der Waals surface area contributed by atoms with E-state index in [-0.39, 0.29) is 5.54 Å². The summed E-state index contributed by atoms with van der Waals surface area (Å²) in [6.07, 6.45) is 2.62. The molecule has 20 heavy (non-hydrogen) atoms. The summed E-state index contributed by atoms with van der Waals surface area (Å²) < 4.78 is 11.1. The highest BCUT2D eigenvalue weighted by Gasteiger charge is 2.29. The maximum absolute atomic E-state index is 5.92. The van der Waals surface area contributed by atoms with Crippen LogP contribution in [0.5, 0.6) is 0 Å². The Bertz CT molecular complexity index is 405. The molecule has 0 radical (unpaired) electrons. The van der Waals surface area contributed by atoms with Gasteiger partial charge in [0.15, 0.2) is 0 Å². The second-order valence-corrected chi connectivity index (χ2v) is 6.67. The largest absolute Gasteiger partial charge is 0.463 e. The van der Waals surface area contributed by atoms with E-state index in [1.54, 1.807) is 7.11 Å². The van der Waals surface area contributed by atoms with Gasteiger partial charge >= 0.3 is 0 Å². The number of nitrogens with zero attached hydrogens (tertiary/aromatic N) is 1. The molecule has 0 aromatic carbocycles. The highest BCUT2D eigenvalue weighted by Crippen LogP contribution is 2.28. The molecule has 1 aromatic heterocycles. The summed E-state index contributed by atoms with van der Waals surface area (Å²) in [6.45, 7) is 9.94. The second-order valence-electron chi connectivity index (χ2n) is 6.67. The molecule has 0 amide bonds. The molecule has 1 heterocycles. The molecule has 0 aliphatic heterocycles. The Hall–Kier alpha value is -0.840. The predicted molar refractivity (Wildman–Crippen MR) is 80.6 cm³/mol. The molecule has 1 aliphatic rings. The van der Waals surface area contributed by atoms with Crippen LogP contribution in [0.1, 0.15) is 45.1 Å². The van der Waals surface area contributed by atoms with Gasteiger partial charge < -0.3 is 14.5 Å². The fourth-order valence-corrected chi connectivity index (χ4v) is 2.19. The van der Waals surface area contributed by atoms with E-state index >= 15 is 0 Å². The quantitative estimate of drug-likeness (QED) is 0.794. The Kier molecular flexibility index (Phi) is 5.24. The number of furan rings is 1. The van der Waals surface area contributed by atoms with E-state index in [1.807, 2.05) is 0 Å². The Morgan fingerprint density at radius 3 is 2.60 bits per heavy atom. The Balaban J connectivity index is 1.84. The van der Waals surface area contributed by atoms with E-state index in [0.717, 1.165) is 43.8 Å². The fourth-order valence-electron chi connectivity index (χ4n) is 2.19. The molecule has 0 unspecified atom stereocenters. The van der Waals surface area contributed by atoms with E-state index in [0.29, 0.717) is 0 Å². The first-order valence-electron chi connectivity index (χ1n) is 7.53. The summed E-state index contributed by atoms with van der Waals surface area (Å²) in [5.74, 6) is 2.07. The second kappa shape index (κ2) is 6.74. The average molecular weight is 280 g/mol. The highest BCUT2D eigenvalue weighted by molar-refractivity contribution is 5.08. The molecular formula is C16H28N2O2. The molecule has 114 valence electrons. The van der Waals surface area contributed by atoms with Crippen LogP contribution < -0.4 is 5.32 Å². The number of rotatable bonds is 8. The third-order valence-corrected chi connectivity index (χ3v) is 3.52. The lowest BCUT2D eigenvalue weighted by Gasteiger charge is -2.20. The van der Waals surface area contributed by atoms with Gasteiger partial charge in [-0.15, -0.1) is 0 Å². The molecule has 4 nitrogen and oxygen atoms in total. The van der Waals surface area contributed by atoms with E-state index in [1.165, 1.54) is 12.8 Å². The number of hydrogen-bond acceptors (Lipinski definition) is 4. The summed E-state index contributed by atoms with van der Waals surface area (Å²) >= 11 is 0. The van der Waals surface area contributed by atoms with E-state index in [9.17, 15) is 0 Å². The molecule has 1 aromatic rings. The van der Waals surface area contributed by atoms with Gasteiger partial charge in [-0.1, -0.05) is 0 Å². The first-order chi connectivity index (χ1) is 9.48. The van der Waals surface area contributed by atoms with Gasteiger partial charge in [-0.05, 0) is 45.7 Å². The third kappa shape index (κ3) is 5.27. The van der Waals surface area contributed by atoms with Crippen molar-refractivity contribution in [1.29, 1.82) is 0 Å². The van der Waals surface area contributed by atoms with Crippen molar-refractivity contribution in [2.45, 2.75) is 58.3 Å². The van der Waals surface area contributed by atoms with Gasteiger partial charge in [0, 0.05) is 25.2 Å². The number of nitrogens with one attached hydrogen (secondary N) is 1. The van der Waals surface area contributed by atoms with Crippen LogP contribution in [0, 0.1) is 0 Å². The van der Waals surface area contributed by atoms with Crippen molar-refractivity contribution in [2.75, 3.05) is 20.3 Å². The van der Waals surface area contributed by atoms with Crippen molar-refractivity contribution in [3.8, 4) is 0 Å². The molecule has 0 spiro atoms. The van der Waals surface area contributed by atoms with Crippen molar-refractivity contribution in [3.63, 3.8) is 0 Å². The van der Waals surface area contributed by atoms with Crippen LogP contribution in [0.25, 0.3) is 0 Å². The number of ether oxygens (including phenoxy) is 1. The normalized spacial score (nSPS) is 16.1. The predicted octanol–water partition coefficient (Wildman–Crippen LogP) is 2.78. The topological polar surface area (TPSA) is 37.6 Å². The Morgan fingerprint density at radius 2 is 2.00 bits per heavy atom. The molecule has 1 fully saturated rings. The molecule has 2 rings (SSSR count). The summed E-state index contributed by atoms with van der Waals surface area (Å²) in [6, 6.07) is 4.91. The zero-order chi connectivity index (χ0) is 14.6. The molecule has 1 saturated carbocycles. The maximum atomic E-state index is 5.92. The molecule has 1 aliphatic carbocycles. The first kappa shape index (κ1) is 15.5. The van der Waals surface area contributed by atoms with E-state index in [4.69, 9.17) is 9.15 Å². The van der Waals surface area contributed by atoms with Crippen molar-refractivity contribution in [1.82, 2.24) is 10.2 Å². The van der Waals surface area contributed by atoms with Gasteiger partial charge in [-0.25, -0.2) is 0 Å². The van der Waals surface area contributed by atoms with Gasteiger partial charge in [-0.2, -0.15) is 0 Å². The molecule has 1 N–H and O–H groups in total. The Labute approximate surface area is 122 Å². The van der Waals surface area contributed by atoms with Crippen LogP contribution in [0.2, 0.25) is 0 Å². The van der Waals surface area contributed by atoms with Gasteiger partial charge in [0.05, 0.1) is 19.7 Å². The van der Waals surface area contributed by atoms with Gasteiger partial charge in [0.2, 0.25) is 0 Å². The standard InChI is InChI=1S/C16H28N2O2/c1-16(2,3)17-11-14-7-8-15(20-14)12-18(9-10-19-4)13-5-6-13/h7-8,13,17H,5-6,9-12H2,1-4H3. The van der Waals surface area contributed by atoms with Crippen molar-refractivity contribution in [2.24, 2.45) is 0 Å². The fraction of sp³-hybridized carbons (Fsp3) is 0.750. The highest BCUT2D eigenvalue weighted by atomic mass is 16.5. The van der Waals surface area contributed by atoms with Crippen molar-refractivity contribution in [3.05, 3.63) is 23.7 Å². The van der Waals surface area contributed by atoms with Gasteiger partial charge in [0.1, 0.15) is 11.5 Å². The molecule has 0 saturated heterocycles. The minimum absolute atomic E-state index is 0.117. The molecular weight excluding hydrogens is 252 g/mol. The third-order valence-electron chi connectivity index (χ3n) is 3.52. The van der Waals surface area contributed by atoms with E-state index in [2.05, 4.69) is 43.1 Å². The average Bonchev–Trinajstić information content (AvgIpc) is 3.12. The monoisotopic (exact) mass is 280 g/mol. The van der Waals surface area contributed by atoms with Crippen LogP contribution in [0.15, 0.2) is 16.5 Å². The minimum Gasteiger partial charge on any atom is -0.463 e. The van der Waals surface area contributed by atoms with Crippen LogP contribution in [-0.4, -0.2) is 36.7 Å². The first-order valence-corrected chi connectivity index (χ1v) is 7.53. The van der Waals surface area contributed by atoms with E-state index < -0.39 is 0 Å². The van der Waals surface area contributed by atoms with Crippen LogP contribution in [0.3, 0.4) is 0 Å². The summed E-state index contributed by atoms with van der Waals surface area (Å²) in [7, 11) is 1.76. The maximum Gasteiger partial charge on any atom is 0.118 e. The summed E-state index contributed by atoms with van der Waals surface area (Å²) in [5, 5.41) is 3.45. The van der Waals surface area contributed by atoms with Gasteiger partial charge in [-0.3, -0.25) is 4.90 Å². The lowest BCUT2D eigenvalue weighted by atomic mass is 10.1. The molecule has 0 bridgehead atoms. The zero-order valence-electron chi connectivity index (χ0n) is 13.2. The van der Waals surface area contributed by atoms with Crippen LogP contribution in [-0.2, 0) is 17.8 Å². The van der Waals surface area contributed by atoms with Crippen LogP contribution >= 0.6 is 0 Å². The molecule has 0 atom stereocenters. The van der Waals surface area contributed by atoms with Crippen LogP contribution in [0.4, 0.5) is 0 Å². The lowest BCUT2D eigenvalue weighted by molar-refractivity contribution is 0.134. The summed E-state index contributed by atoms with van der Waals surface area (Å²) in [4.78, 5) is 2.46. The zero-order valence-corrected chi connectivity index (χ0v) is 13.2. The van der Waals surface area contributed by atoms with Crippen molar-refractivity contribution < 1.29 is 9.15 Å². The SMILES string of the molecule is COCCN(Cc1ccc(CNC(C)(C)C)o1)C1CC1. The summed E-state index contributed by atoms with van der Waals surface area (Å²) in [5.41, 5.74) is 0.117. The lowest BCUT2D eigenvalue weighted by Crippen LogP contribution is -2.34. The minimum atomic E-state index is 0.117. The smallest absolute Gasteiger partial charge is 0.118 e. The Morgan fingerprint density at radius 1 is 1.30 bits per heavy atom. The number of methoxy groups -OCH3 is 1. The number of hydrogen-bond donors (Lipinski definition) is 1. The van der Waals surface area contributed by atoms with Crippen molar-refractivity contribution >= 4 is 0 Å².